The number of aliphatic hydroxyl groups excluding tert-OH is 1. The van der Waals surface area contributed by atoms with Crippen molar-refractivity contribution in [2.75, 3.05) is 13.2 Å². The van der Waals surface area contributed by atoms with Gasteiger partial charge in [-0.05, 0) is 13.0 Å². The summed E-state index contributed by atoms with van der Waals surface area (Å²) in [6, 6.07) is 0. The predicted octanol–water partition coefficient (Wildman–Crippen LogP) is 0.649. The Balaban J connectivity index is 2.27. The van der Waals surface area contributed by atoms with E-state index in [1.54, 1.807) is 13.8 Å². The molecule has 0 unspecified atom stereocenters. The normalized spacial score (nSPS) is 30.2. The number of carboxylic acid groups (broad SMARTS) is 1. The molecule has 0 spiro atoms. The van der Waals surface area contributed by atoms with Crippen molar-refractivity contribution in [2.45, 2.75) is 32.7 Å². The van der Waals surface area contributed by atoms with Gasteiger partial charge in [-0.25, -0.2) is 4.79 Å². The Morgan fingerprint density at radius 1 is 1.36 bits per heavy atom. The summed E-state index contributed by atoms with van der Waals surface area (Å²) in [6.45, 7) is 7.92. The largest absolute Gasteiger partial charge is 0.481 e. The van der Waals surface area contributed by atoms with E-state index in [2.05, 4.69) is 6.58 Å². The Morgan fingerprint density at radius 3 is 2.52 bits per heavy atom. The molecular formula is C17H22O8. The van der Waals surface area contributed by atoms with Gasteiger partial charge >= 0.3 is 17.9 Å². The van der Waals surface area contributed by atoms with Gasteiger partial charge in [0.1, 0.15) is 11.8 Å². The third-order valence-electron chi connectivity index (χ3n) is 4.16. The lowest BCUT2D eigenvalue weighted by Crippen LogP contribution is -2.47. The molecule has 1 fully saturated rings. The highest BCUT2D eigenvalue weighted by Crippen LogP contribution is 2.49. The van der Waals surface area contributed by atoms with Crippen LogP contribution in [0.2, 0.25) is 0 Å². The number of carbonyl (C=O) groups is 3. The van der Waals surface area contributed by atoms with Gasteiger partial charge in [0, 0.05) is 11.0 Å². The number of aliphatic hydroxyl groups is 1. The first-order chi connectivity index (χ1) is 11.5. The van der Waals surface area contributed by atoms with Crippen LogP contribution in [0.15, 0.2) is 24.3 Å². The number of hydrogen-bond acceptors (Lipinski definition) is 7. The molecule has 2 aliphatic heterocycles. The van der Waals surface area contributed by atoms with Crippen molar-refractivity contribution >= 4 is 17.9 Å². The van der Waals surface area contributed by atoms with Crippen LogP contribution in [-0.4, -0.2) is 53.2 Å². The average Bonchev–Trinajstić information content (AvgIpc) is 3.08. The number of fused-ring (bicyclic) bond motifs is 2. The molecule has 0 aromatic rings. The smallest absolute Gasteiger partial charge is 0.335 e. The van der Waals surface area contributed by atoms with Gasteiger partial charge in [0.25, 0.3) is 0 Å². The molecule has 138 valence electrons. The zero-order valence-electron chi connectivity index (χ0n) is 14.4. The lowest BCUT2D eigenvalue weighted by atomic mass is 9.81. The van der Waals surface area contributed by atoms with Crippen molar-refractivity contribution in [3.05, 3.63) is 24.3 Å². The van der Waals surface area contributed by atoms with E-state index in [-0.39, 0.29) is 18.8 Å². The Morgan fingerprint density at radius 2 is 2.00 bits per heavy atom. The maximum Gasteiger partial charge on any atom is 0.335 e. The van der Waals surface area contributed by atoms with Crippen LogP contribution in [0.25, 0.3) is 0 Å². The molecule has 0 radical (unpaired) electrons. The van der Waals surface area contributed by atoms with E-state index >= 15 is 0 Å². The molecule has 0 aromatic heterocycles. The van der Waals surface area contributed by atoms with Crippen LogP contribution in [0.4, 0.5) is 0 Å². The minimum atomic E-state index is -1.83. The summed E-state index contributed by atoms with van der Waals surface area (Å²) in [4.78, 5) is 36.1. The van der Waals surface area contributed by atoms with Crippen LogP contribution >= 0.6 is 0 Å². The van der Waals surface area contributed by atoms with E-state index in [0.29, 0.717) is 0 Å². The highest BCUT2D eigenvalue weighted by Gasteiger charge is 2.65. The highest BCUT2D eigenvalue weighted by molar-refractivity contribution is 5.89. The molecule has 8 heteroatoms. The number of rotatable bonds is 7. The van der Waals surface area contributed by atoms with Crippen LogP contribution in [-0.2, 0) is 28.6 Å². The number of ether oxygens (including phenoxy) is 3. The lowest BCUT2D eigenvalue weighted by Gasteiger charge is -2.31. The summed E-state index contributed by atoms with van der Waals surface area (Å²) in [5, 5.41) is 18.7. The molecule has 0 amide bonds. The molecule has 25 heavy (non-hydrogen) atoms. The summed E-state index contributed by atoms with van der Waals surface area (Å²) in [7, 11) is 0. The minimum Gasteiger partial charge on any atom is -0.481 e. The topological polar surface area (TPSA) is 119 Å². The molecule has 2 heterocycles. The first kappa shape index (κ1) is 19.1. The molecule has 2 bridgehead atoms. The quantitative estimate of drug-likeness (QED) is 0.388. The summed E-state index contributed by atoms with van der Waals surface area (Å²) in [5.74, 6) is -7.35. The average molecular weight is 354 g/mol. The van der Waals surface area contributed by atoms with Gasteiger partial charge in [0.05, 0.1) is 19.3 Å². The van der Waals surface area contributed by atoms with Crippen LogP contribution in [0, 0.1) is 17.3 Å². The lowest BCUT2D eigenvalue weighted by molar-refractivity contribution is -0.208. The Bertz CT molecular complexity index is 635. The molecular weight excluding hydrogens is 332 g/mol. The monoisotopic (exact) mass is 354 g/mol. The van der Waals surface area contributed by atoms with Crippen molar-refractivity contribution in [3.8, 4) is 0 Å². The standard InChI is InChI=1S/C17H22O8/c1-9(2)14(21)25-17-6-5-10(24-17)11(13(19)20)12(17)15(22)23-8-16(3,4)7-18/h5-6,10-12,18H,1,7-8H2,2-4H3,(H,19,20)/t10-,11-,12+,17-/m1/s1. The fourth-order valence-electron chi connectivity index (χ4n) is 2.68. The molecule has 1 saturated heterocycles. The molecule has 0 aromatic carbocycles. The summed E-state index contributed by atoms with van der Waals surface area (Å²) in [5.41, 5.74) is -0.605. The van der Waals surface area contributed by atoms with Crippen molar-refractivity contribution in [1.29, 1.82) is 0 Å². The third kappa shape index (κ3) is 3.59. The van der Waals surface area contributed by atoms with Gasteiger partial charge in [-0.3, -0.25) is 9.59 Å². The summed E-state index contributed by atoms with van der Waals surface area (Å²) < 4.78 is 16.0. The van der Waals surface area contributed by atoms with Gasteiger partial charge in [0.15, 0.2) is 0 Å². The second kappa shape index (κ2) is 6.61. The zero-order chi connectivity index (χ0) is 19.0. The van der Waals surface area contributed by atoms with E-state index in [9.17, 15) is 24.6 Å². The Kier molecular flexibility index (Phi) is 5.06. The summed E-state index contributed by atoms with van der Waals surface area (Å²) >= 11 is 0. The number of carbonyl (C=O) groups excluding carboxylic acids is 2. The molecule has 0 saturated carbocycles. The first-order valence-corrected chi connectivity index (χ1v) is 7.79. The van der Waals surface area contributed by atoms with Gasteiger partial charge < -0.3 is 24.4 Å². The van der Waals surface area contributed by atoms with Crippen LogP contribution in [0.5, 0.6) is 0 Å². The van der Waals surface area contributed by atoms with Gasteiger partial charge in [-0.1, -0.05) is 26.5 Å². The van der Waals surface area contributed by atoms with Crippen molar-refractivity contribution < 1.29 is 38.8 Å². The van der Waals surface area contributed by atoms with Crippen molar-refractivity contribution in [2.24, 2.45) is 17.3 Å². The SMILES string of the molecule is C=C(C)C(=O)O[C@@]12C=C[C@@H](O1)[C@@H](C(=O)O)[C@H]2C(=O)OCC(C)(C)CO. The Labute approximate surface area is 145 Å². The fraction of sp³-hybridized carbons (Fsp3) is 0.588. The van der Waals surface area contributed by atoms with Gasteiger partial charge in [-0.2, -0.15) is 0 Å². The predicted molar refractivity (Wildman–Crippen MR) is 84.1 cm³/mol. The Hall–Kier alpha value is -2.19. The zero-order valence-corrected chi connectivity index (χ0v) is 14.4. The first-order valence-electron chi connectivity index (χ1n) is 7.79. The maximum absolute atomic E-state index is 12.6. The number of hydrogen-bond donors (Lipinski definition) is 2. The van der Waals surface area contributed by atoms with Crippen molar-refractivity contribution in [3.63, 3.8) is 0 Å². The van der Waals surface area contributed by atoms with E-state index in [4.69, 9.17) is 14.2 Å². The third-order valence-corrected chi connectivity index (χ3v) is 4.16. The van der Waals surface area contributed by atoms with Crippen LogP contribution < -0.4 is 0 Å². The van der Waals surface area contributed by atoms with E-state index in [1.807, 2.05) is 0 Å². The second-order valence-electron chi connectivity index (χ2n) is 7.10. The summed E-state index contributed by atoms with van der Waals surface area (Å²) in [6.07, 6.45) is 1.91. The highest BCUT2D eigenvalue weighted by atomic mass is 16.7. The van der Waals surface area contributed by atoms with Crippen LogP contribution in [0.3, 0.4) is 0 Å². The molecule has 2 aliphatic rings. The number of esters is 2. The van der Waals surface area contributed by atoms with E-state index in [0.717, 1.165) is 0 Å². The minimum absolute atomic E-state index is 0.0853. The molecule has 4 atom stereocenters. The molecule has 8 nitrogen and oxygen atoms in total. The molecule has 0 aliphatic carbocycles. The van der Waals surface area contributed by atoms with Crippen molar-refractivity contribution in [1.82, 2.24) is 0 Å². The van der Waals surface area contributed by atoms with Gasteiger partial charge in [0.2, 0.25) is 5.79 Å². The second-order valence-corrected chi connectivity index (χ2v) is 7.10. The molecule has 2 rings (SSSR count). The van der Waals surface area contributed by atoms with Crippen LogP contribution in [0.1, 0.15) is 20.8 Å². The van der Waals surface area contributed by atoms with E-state index in [1.165, 1.54) is 19.1 Å². The molecule has 2 N–H and O–H groups in total. The van der Waals surface area contributed by atoms with E-state index < -0.39 is 47.0 Å². The maximum atomic E-state index is 12.6. The number of aliphatic carboxylic acids is 1. The number of carboxylic acids is 1. The fourth-order valence-corrected chi connectivity index (χ4v) is 2.68. The van der Waals surface area contributed by atoms with Gasteiger partial charge in [-0.15, -0.1) is 0 Å².